The van der Waals surface area contributed by atoms with Gasteiger partial charge in [0.2, 0.25) is 5.88 Å². The predicted octanol–water partition coefficient (Wildman–Crippen LogP) is 5.18. The molecule has 0 spiro atoms. The highest BCUT2D eigenvalue weighted by atomic mass is 16.5. The number of rotatable bonds is 2. The Morgan fingerprint density at radius 3 is 2.10 bits per heavy atom. The summed E-state index contributed by atoms with van der Waals surface area (Å²) in [5.41, 5.74) is 0. The van der Waals surface area contributed by atoms with Gasteiger partial charge in [-0.05, 0) is 51.9 Å². The van der Waals surface area contributed by atoms with E-state index in [-0.39, 0.29) is 0 Å². The van der Waals surface area contributed by atoms with Crippen LogP contribution in [0.15, 0.2) is 79.0 Å². The van der Waals surface area contributed by atoms with Gasteiger partial charge in [0.25, 0.3) is 0 Å². The number of hydrogen-bond acceptors (Lipinski definition) is 2. The standard InChI is InChI=1S/C19H13NO/c1-2-6-15-12-17-13-18(21-19-7-3-4-10-20-19)9-8-16(17)11-14(15)5-1/h1-13H. The molecule has 0 bridgehead atoms. The molecule has 0 radical (unpaired) electrons. The van der Waals surface area contributed by atoms with Crippen LogP contribution >= 0.6 is 0 Å². The number of fused-ring (bicyclic) bond motifs is 2. The zero-order valence-electron chi connectivity index (χ0n) is 11.4. The summed E-state index contributed by atoms with van der Waals surface area (Å²) < 4.78 is 5.79. The second-order valence-electron chi connectivity index (χ2n) is 4.98. The molecule has 0 fully saturated rings. The van der Waals surface area contributed by atoms with Gasteiger partial charge in [-0.3, -0.25) is 0 Å². The van der Waals surface area contributed by atoms with Crippen LogP contribution in [-0.2, 0) is 0 Å². The highest BCUT2D eigenvalue weighted by Gasteiger charge is 2.02. The summed E-state index contributed by atoms with van der Waals surface area (Å²) in [6.07, 6.45) is 1.73. The van der Waals surface area contributed by atoms with E-state index in [1.807, 2.05) is 24.3 Å². The SMILES string of the molecule is c1ccc(Oc2ccc3cc4ccccc4cc3c2)nc1. The summed E-state index contributed by atoms with van der Waals surface area (Å²) in [7, 11) is 0. The summed E-state index contributed by atoms with van der Waals surface area (Å²) in [6, 6.07) is 24.5. The van der Waals surface area contributed by atoms with Crippen molar-refractivity contribution in [3.05, 3.63) is 79.0 Å². The topological polar surface area (TPSA) is 22.1 Å². The molecule has 0 saturated heterocycles. The zero-order valence-corrected chi connectivity index (χ0v) is 11.4. The van der Waals surface area contributed by atoms with E-state index in [1.54, 1.807) is 6.20 Å². The van der Waals surface area contributed by atoms with Crippen molar-refractivity contribution < 1.29 is 4.74 Å². The van der Waals surface area contributed by atoms with E-state index < -0.39 is 0 Å². The molecule has 4 rings (SSSR count). The van der Waals surface area contributed by atoms with Crippen molar-refractivity contribution in [2.45, 2.75) is 0 Å². The van der Waals surface area contributed by atoms with Gasteiger partial charge in [-0.25, -0.2) is 4.98 Å². The second-order valence-corrected chi connectivity index (χ2v) is 4.98. The third kappa shape index (κ3) is 2.32. The lowest BCUT2D eigenvalue weighted by Gasteiger charge is -2.07. The molecule has 4 aromatic rings. The lowest BCUT2D eigenvalue weighted by Crippen LogP contribution is -1.86. The molecule has 1 heterocycles. The maximum absolute atomic E-state index is 5.79. The first-order chi connectivity index (χ1) is 10.4. The molecular weight excluding hydrogens is 258 g/mol. The van der Waals surface area contributed by atoms with Crippen molar-refractivity contribution in [1.29, 1.82) is 0 Å². The molecule has 0 atom stereocenters. The first-order valence-corrected chi connectivity index (χ1v) is 6.90. The van der Waals surface area contributed by atoms with Crippen LogP contribution in [0.5, 0.6) is 11.6 Å². The average Bonchev–Trinajstić information content (AvgIpc) is 2.54. The Morgan fingerprint density at radius 2 is 1.33 bits per heavy atom. The normalized spacial score (nSPS) is 10.9. The molecule has 2 nitrogen and oxygen atoms in total. The largest absolute Gasteiger partial charge is 0.439 e. The minimum atomic E-state index is 0.609. The predicted molar refractivity (Wildman–Crippen MR) is 85.8 cm³/mol. The van der Waals surface area contributed by atoms with Crippen LogP contribution in [0.25, 0.3) is 21.5 Å². The van der Waals surface area contributed by atoms with Crippen LogP contribution < -0.4 is 4.74 Å². The molecule has 3 aromatic carbocycles. The maximum Gasteiger partial charge on any atom is 0.219 e. The lowest BCUT2D eigenvalue weighted by molar-refractivity contribution is 0.463. The lowest BCUT2D eigenvalue weighted by atomic mass is 10.0. The molecule has 0 unspecified atom stereocenters. The Morgan fingerprint density at radius 1 is 0.619 bits per heavy atom. The molecule has 0 N–H and O–H groups in total. The molecule has 0 amide bonds. The molecule has 1 aromatic heterocycles. The Bertz CT molecular complexity index is 916. The second kappa shape index (κ2) is 4.91. The molecule has 0 aliphatic carbocycles. The van der Waals surface area contributed by atoms with Gasteiger partial charge in [0, 0.05) is 12.3 Å². The monoisotopic (exact) mass is 271 g/mol. The smallest absolute Gasteiger partial charge is 0.219 e. The van der Waals surface area contributed by atoms with Crippen molar-refractivity contribution >= 4 is 21.5 Å². The number of pyridine rings is 1. The van der Waals surface area contributed by atoms with Crippen LogP contribution in [0.1, 0.15) is 0 Å². The third-order valence-electron chi connectivity index (χ3n) is 3.54. The van der Waals surface area contributed by atoms with Crippen molar-refractivity contribution in [3.8, 4) is 11.6 Å². The van der Waals surface area contributed by atoms with E-state index in [0.717, 1.165) is 5.75 Å². The Kier molecular flexibility index (Phi) is 2.79. The highest BCUT2D eigenvalue weighted by Crippen LogP contribution is 2.28. The summed E-state index contributed by atoms with van der Waals surface area (Å²) in [5.74, 6) is 1.41. The van der Waals surface area contributed by atoms with Crippen LogP contribution in [-0.4, -0.2) is 4.98 Å². The van der Waals surface area contributed by atoms with Crippen LogP contribution in [0, 0.1) is 0 Å². The Labute approximate surface area is 122 Å². The van der Waals surface area contributed by atoms with E-state index >= 15 is 0 Å². The zero-order chi connectivity index (χ0) is 14.1. The number of nitrogens with zero attached hydrogens (tertiary/aromatic N) is 1. The van der Waals surface area contributed by atoms with Gasteiger partial charge < -0.3 is 4.74 Å². The van der Waals surface area contributed by atoms with E-state index in [4.69, 9.17) is 4.74 Å². The number of aromatic nitrogens is 1. The minimum Gasteiger partial charge on any atom is -0.439 e. The number of ether oxygens (including phenoxy) is 1. The Hall–Kier alpha value is -2.87. The number of benzene rings is 3. The van der Waals surface area contributed by atoms with E-state index in [0.29, 0.717) is 5.88 Å². The molecule has 2 heteroatoms. The maximum atomic E-state index is 5.79. The fraction of sp³-hybridized carbons (Fsp3) is 0. The van der Waals surface area contributed by atoms with E-state index in [2.05, 4.69) is 53.5 Å². The molecular formula is C19H13NO. The molecule has 0 aliphatic rings. The van der Waals surface area contributed by atoms with E-state index in [1.165, 1.54) is 21.5 Å². The van der Waals surface area contributed by atoms with Gasteiger partial charge in [0.1, 0.15) is 5.75 Å². The van der Waals surface area contributed by atoms with Crippen molar-refractivity contribution in [3.63, 3.8) is 0 Å². The van der Waals surface area contributed by atoms with Crippen LogP contribution in [0.4, 0.5) is 0 Å². The molecule has 0 aliphatic heterocycles. The average molecular weight is 271 g/mol. The van der Waals surface area contributed by atoms with Crippen molar-refractivity contribution in [1.82, 2.24) is 4.98 Å². The molecule has 100 valence electrons. The van der Waals surface area contributed by atoms with Crippen molar-refractivity contribution in [2.75, 3.05) is 0 Å². The number of hydrogen-bond donors (Lipinski definition) is 0. The first-order valence-electron chi connectivity index (χ1n) is 6.90. The summed E-state index contributed by atoms with van der Waals surface area (Å²) in [5, 5.41) is 4.87. The van der Waals surface area contributed by atoms with Gasteiger partial charge in [-0.15, -0.1) is 0 Å². The van der Waals surface area contributed by atoms with Gasteiger partial charge in [-0.1, -0.05) is 36.4 Å². The molecule has 21 heavy (non-hydrogen) atoms. The first kappa shape index (κ1) is 11.9. The third-order valence-corrected chi connectivity index (χ3v) is 3.54. The summed E-state index contributed by atoms with van der Waals surface area (Å²) in [4.78, 5) is 4.18. The fourth-order valence-corrected chi connectivity index (χ4v) is 2.51. The highest BCUT2D eigenvalue weighted by molar-refractivity contribution is 5.98. The summed E-state index contributed by atoms with van der Waals surface area (Å²) in [6.45, 7) is 0. The van der Waals surface area contributed by atoms with Crippen LogP contribution in [0.2, 0.25) is 0 Å². The molecule has 0 saturated carbocycles. The van der Waals surface area contributed by atoms with Gasteiger partial charge in [0.15, 0.2) is 0 Å². The minimum absolute atomic E-state index is 0.609. The van der Waals surface area contributed by atoms with Gasteiger partial charge in [-0.2, -0.15) is 0 Å². The quantitative estimate of drug-likeness (QED) is 0.469. The van der Waals surface area contributed by atoms with Crippen molar-refractivity contribution in [2.24, 2.45) is 0 Å². The fourth-order valence-electron chi connectivity index (χ4n) is 2.51. The Balaban J connectivity index is 1.80. The van der Waals surface area contributed by atoms with E-state index in [9.17, 15) is 0 Å². The van der Waals surface area contributed by atoms with Gasteiger partial charge in [0.05, 0.1) is 0 Å². The van der Waals surface area contributed by atoms with Gasteiger partial charge >= 0.3 is 0 Å². The summed E-state index contributed by atoms with van der Waals surface area (Å²) >= 11 is 0. The van der Waals surface area contributed by atoms with Crippen LogP contribution in [0.3, 0.4) is 0 Å².